The van der Waals surface area contributed by atoms with E-state index in [1.807, 2.05) is 0 Å². The van der Waals surface area contributed by atoms with E-state index in [-0.39, 0.29) is 32.3 Å². The normalized spacial score (nSPS) is 14.1. The molecule has 0 saturated heterocycles. The minimum atomic E-state index is -4.29. The molecule has 0 saturated carbocycles. The molecule has 0 aliphatic heterocycles. The van der Waals surface area contributed by atoms with Crippen molar-refractivity contribution in [2.24, 2.45) is 5.73 Å². The number of allylic oxidation sites excluding steroid dienone is 14. The smallest absolute Gasteiger partial charge is 0.457 e. The molecule has 0 rings (SSSR count). The lowest BCUT2D eigenvalue weighted by atomic mass is 10.1. The highest BCUT2D eigenvalue weighted by molar-refractivity contribution is 7.47. The van der Waals surface area contributed by atoms with Gasteiger partial charge in [-0.1, -0.05) is 182 Å². The van der Waals surface area contributed by atoms with Crippen LogP contribution >= 0.6 is 7.82 Å². The molecule has 0 fully saturated rings. The van der Waals surface area contributed by atoms with E-state index in [0.717, 1.165) is 89.9 Å². The van der Waals surface area contributed by atoms with Crippen molar-refractivity contribution in [2.75, 3.05) is 33.0 Å². The minimum Gasteiger partial charge on any atom is -0.457 e. The van der Waals surface area contributed by atoms with Crippen molar-refractivity contribution in [3.05, 3.63) is 85.1 Å². The molecule has 0 aliphatic carbocycles. The van der Waals surface area contributed by atoms with Gasteiger partial charge in [0.05, 0.1) is 19.8 Å². The van der Waals surface area contributed by atoms with Crippen LogP contribution in [0.15, 0.2) is 85.1 Å². The molecule has 0 spiro atoms. The fourth-order valence-corrected chi connectivity index (χ4v) is 7.05. The Labute approximate surface area is 368 Å². The molecule has 3 N–H and O–H groups in total. The summed E-state index contributed by atoms with van der Waals surface area (Å²) in [5.41, 5.74) is 5.38. The Morgan fingerprint density at radius 1 is 0.517 bits per heavy atom. The van der Waals surface area contributed by atoms with Gasteiger partial charge in [-0.05, 0) is 89.9 Å². The van der Waals surface area contributed by atoms with Crippen LogP contribution in [0.3, 0.4) is 0 Å². The first-order valence-corrected chi connectivity index (χ1v) is 25.6. The second kappa shape index (κ2) is 47.7. The number of hydrogen-bond donors (Lipinski definition) is 2. The average Bonchev–Trinajstić information content (AvgIpc) is 3.24. The Kier molecular flexibility index (Phi) is 45.9. The first kappa shape index (κ1) is 57.7. The number of phosphoric ester groups is 1. The number of esters is 1. The molecule has 0 heterocycles. The summed E-state index contributed by atoms with van der Waals surface area (Å²) in [5, 5.41) is 0. The van der Waals surface area contributed by atoms with Crippen LogP contribution < -0.4 is 5.73 Å². The Morgan fingerprint density at radius 2 is 0.933 bits per heavy atom. The van der Waals surface area contributed by atoms with Crippen LogP contribution in [0.4, 0.5) is 0 Å². The van der Waals surface area contributed by atoms with E-state index >= 15 is 0 Å². The van der Waals surface area contributed by atoms with Crippen molar-refractivity contribution >= 4 is 13.8 Å². The van der Waals surface area contributed by atoms with Gasteiger partial charge < -0.3 is 20.1 Å². The van der Waals surface area contributed by atoms with Gasteiger partial charge in [-0.3, -0.25) is 13.8 Å². The predicted molar refractivity (Wildman–Crippen MR) is 256 cm³/mol. The van der Waals surface area contributed by atoms with Crippen LogP contribution in [0.1, 0.15) is 194 Å². The summed E-state index contributed by atoms with van der Waals surface area (Å²) >= 11 is 0. The molecule has 0 radical (unpaired) electrons. The van der Waals surface area contributed by atoms with Crippen molar-refractivity contribution in [2.45, 2.75) is 200 Å². The zero-order chi connectivity index (χ0) is 43.7. The van der Waals surface area contributed by atoms with Gasteiger partial charge in [-0.15, -0.1) is 0 Å². The van der Waals surface area contributed by atoms with E-state index in [2.05, 4.69) is 98.9 Å². The van der Waals surface area contributed by atoms with Crippen LogP contribution in [0.25, 0.3) is 0 Å². The summed E-state index contributed by atoms with van der Waals surface area (Å²) in [6, 6.07) is 0. The Balaban J connectivity index is 4.05. The van der Waals surface area contributed by atoms with Gasteiger partial charge >= 0.3 is 13.8 Å². The number of carbonyl (C=O) groups excluding carboxylic acids is 1. The van der Waals surface area contributed by atoms with E-state index in [1.165, 1.54) is 83.5 Å². The Hall–Kier alpha value is -2.32. The second-order valence-corrected chi connectivity index (χ2v) is 17.0. The maximum absolute atomic E-state index is 12.6. The Morgan fingerprint density at radius 3 is 1.40 bits per heavy atom. The lowest BCUT2D eigenvalue weighted by Crippen LogP contribution is -2.28. The number of unbranched alkanes of at least 4 members (excludes halogenated alkanes) is 18. The summed E-state index contributed by atoms with van der Waals surface area (Å²) in [4.78, 5) is 22.6. The lowest BCUT2D eigenvalue weighted by Gasteiger charge is -2.20. The maximum Gasteiger partial charge on any atom is 0.472 e. The molecule has 346 valence electrons. The number of hydrogen-bond acceptors (Lipinski definition) is 7. The fourth-order valence-electron chi connectivity index (χ4n) is 6.29. The van der Waals surface area contributed by atoms with E-state index in [0.29, 0.717) is 13.0 Å². The molecular weight excluding hydrogens is 770 g/mol. The van der Waals surface area contributed by atoms with Crippen LogP contribution in [0.5, 0.6) is 0 Å². The van der Waals surface area contributed by atoms with Crippen molar-refractivity contribution in [1.29, 1.82) is 0 Å². The monoisotopic (exact) mass is 860 g/mol. The first-order chi connectivity index (χ1) is 29.4. The van der Waals surface area contributed by atoms with Gasteiger partial charge in [0.25, 0.3) is 0 Å². The molecule has 0 bridgehead atoms. The predicted octanol–water partition coefficient (Wildman–Crippen LogP) is 14.9. The van der Waals surface area contributed by atoms with Gasteiger partial charge in [0.15, 0.2) is 0 Å². The molecule has 0 aromatic carbocycles. The molecule has 60 heavy (non-hydrogen) atoms. The zero-order valence-electron chi connectivity index (χ0n) is 38.4. The first-order valence-electron chi connectivity index (χ1n) is 24.1. The highest BCUT2D eigenvalue weighted by atomic mass is 31.2. The summed E-state index contributed by atoms with van der Waals surface area (Å²) in [6.07, 6.45) is 61.7. The Bertz CT molecular complexity index is 1190. The van der Waals surface area contributed by atoms with Crippen molar-refractivity contribution in [3.8, 4) is 0 Å². The highest BCUT2D eigenvalue weighted by Gasteiger charge is 2.25. The van der Waals surface area contributed by atoms with Gasteiger partial charge in [0.2, 0.25) is 0 Å². The third kappa shape index (κ3) is 46.7. The molecule has 9 heteroatoms. The van der Waals surface area contributed by atoms with Crippen LogP contribution in [0.2, 0.25) is 0 Å². The minimum absolute atomic E-state index is 0.0920. The van der Waals surface area contributed by atoms with Crippen molar-refractivity contribution in [3.63, 3.8) is 0 Å². The van der Waals surface area contributed by atoms with Crippen LogP contribution in [0, 0.1) is 0 Å². The summed E-state index contributed by atoms with van der Waals surface area (Å²) in [5.74, 6) is -0.352. The number of nitrogens with two attached hydrogens (primary N) is 1. The SMILES string of the molecule is CC/C=C\C/C=C\C/C=C\C/C=C\C/C=C\CCCCCCCC(=O)OC(COCCCCCCCCCCCC/C=C\C/C=C\CCCCC)COP(=O)(O)OCCN. The van der Waals surface area contributed by atoms with Crippen LogP contribution in [-0.2, 0) is 27.9 Å². The standard InChI is InChI=1S/C51H90NO7P/c1-3-5-7-9-11-13-15-17-19-21-23-25-26-28-30-32-34-36-38-40-42-44-51(53)59-50(49-58-60(54,55)57-47-45-52)48-56-46-43-41-39-37-35-33-31-29-27-24-22-20-18-16-14-12-10-8-6-4-2/h5,7,11-14,17-20,23,25,28,30,50H,3-4,6,8-10,15-16,21-22,24,26-27,29,31-49,52H2,1-2H3,(H,54,55)/b7-5-,13-11-,14-12-,19-17-,20-18-,25-23-,30-28-. The molecule has 0 aromatic heterocycles. The van der Waals surface area contributed by atoms with Crippen molar-refractivity contribution < 1.29 is 32.8 Å². The third-order valence-electron chi connectivity index (χ3n) is 9.80. The summed E-state index contributed by atoms with van der Waals surface area (Å²) in [6.45, 7) is 4.74. The molecule has 2 unspecified atom stereocenters. The van der Waals surface area contributed by atoms with Gasteiger partial charge in [-0.25, -0.2) is 4.57 Å². The van der Waals surface area contributed by atoms with Gasteiger partial charge in [-0.2, -0.15) is 0 Å². The third-order valence-corrected chi connectivity index (χ3v) is 10.8. The van der Waals surface area contributed by atoms with Crippen LogP contribution in [-0.4, -0.2) is 49.9 Å². The molecule has 2 atom stereocenters. The summed E-state index contributed by atoms with van der Waals surface area (Å²) in [7, 11) is -4.29. The number of rotatable bonds is 45. The quantitative estimate of drug-likeness (QED) is 0.0269. The highest BCUT2D eigenvalue weighted by Crippen LogP contribution is 2.43. The zero-order valence-corrected chi connectivity index (χ0v) is 39.3. The fraction of sp³-hybridized carbons (Fsp3) is 0.706. The molecule has 0 aromatic rings. The molecular formula is C51H90NO7P. The van der Waals surface area contributed by atoms with E-state index in [1.54, 1.807) is 0 Å². The number of carbonyl (C=O) groups is 1. The average molecular weight is 860 g/mol. The molecule has 0 aliphatic rings. The van der Waals surface area contributed by atoms with E-state index in [4.69, 9.17) is 24.3 Å². The van der Waals surface area contributed by atoms with Gasteiger partial charge in [0, 0.05) is 19.6 Å². The number of ether oxygens (including phenoxy) is 2. The van der Waals surface area contributed by atoms with Gasteiger partial charge in [0.1, 0.15) is 6.10 Å². The number of phosphoric acid groups is 1. The topological polar surface area (TPSA) is 117 Å². The van der Waals surface area contributed by atoms with E-state index < -0.39 is 13.9 Å². The van der Waals surface area contributed by atoms with Crippen molar-refractivity contribution in [1.82, 2.24) is 0 Å². The van der Waals surface area contributed by atoms with E-state index in [9.17, 15) is 14.3 Å². The molecule has 0 amide bonds. The largest absolute Gasteiger partial charge is 0.472 e. The maximum atomic E-state index is 12.6. The summed E-state index contributed by atoms with van der Waals surface area (Å²) < 4.78 is 33.5. The molecule has 8 nitrogen and oxygen atoms in total. The second-order valence-electron chi connectivity index (χ2n) is 15.6. The lowest BCUT2D eigenvalue weighted by molar-refractivity contribution is -0.154.